The maximum atomic E-state index is 14.8. The Bertz CT molecular complexity index is 2540. The van der Waals surface area contributed by atoms with Crippen molar-refractivity contribution in [3.63, 3.8) is 0 Å². The van der Waals surface area contributed by atoms with Gasteiger partial charge < -0.3 is 10.6 Å². The highest BCUT2D eigenvalue weighted by atomic mass is 19.1. The summed E-state index contributed by atoms with van der Waals surface area (Å²) in [5.74, 6) is -0.596. The molecule has 6 heterocycles. The molecule has 8 aromatic rings. The van der Waals surface area contributed by atoms with Gasteiger partial charge in [0.15, 0.2) is 11.3 Å². The molecule has 2 atom stereocenters. The van der Waals surface area contributed by atoms with Gasteiger partial charge in [-0.1, -0.05) is 48.5 Å². The summed E-state index contributed by atoms with van der Waals surface area (Å²) >= 11 is 0. The number of benzene rings is 4. The number of fused-ring (bicyclic) bond motifs is 11. The first-order valence-corrected chi connectivity index (χ1v) is 14.3. The van der Waals surface area contributed by atoms with E-state index in [2.05, 4.69) is 20.6 Å². The summed E-state index contributed by atoms with van der Waals surface area (Å²) in [7, 11) is 0. The average Bonchev–Trinajstić information content (AvgIpc) is 3.77. The van der Waals surface area contributed by atoms with Crippen LogP contribution in [0.3, 0.4) is 0 Å². The quantitative estimate of drug-likeness (QED) is 0.303. The standard InChI is InChI=1S/C32H18F2N10O2/c33-19-13-9-17(10-14-19)31-32(18-11-15-20(34)16-12-18,39-27-37-25-35-21-5-1-3-7-23(21)41(25)29(45)43(27)31)44-28(40-31)38-26-36-22-6-2-4-8-24(22)42(26)30(44)46/h1-16H,(H,35,37,39)(H,36,38,40)/t31-,32-/m0/s1. The second-order valence-electron chi connectivity index (χ2n) is 11.3. The molecule has 2 aliphatic rings. The van der Waals surface area contributed by atoms with Gasteiger partial charge in [0.05, 0.1) is 22.1 Å². The molecule has 0 saturated carbocycles. The SMILES string of the molecule is O=c1n2c(nc3nc4ccccc4n13)N[C@@]1(c3ccc(F)cc3)n3c(nc4nc5ccccc5n4c3=O)N[C@@]21c1ccc(F)cc1. The number of imidazole rings is 2. The number of nitrogens with zero attached hydrogens (tertiary/aromatic N) is 8. The molecule has 12 nitrogen and oxygen atoms in total. The Hall–Kier alpha value is -6.44. The molecular weight excluding hydrogens is 594 g/mol. The van der Waals surface area contributed by atoms with Crippen LogP contribution in [0, 0.1) is 11.6 Å². The summed E-state index contributed by atoms with van der Waals surface area (Å²) in [6.07, 6.45) is 0. The Balaban J connectivity index is 1.41. The highest BCUT2D eigenvalue weighted by Gasteiger charge is 2.69. The van der Waals surface area contributed by atoms with Crippen LogP contribution < -0.4 is 22.0 Å². The van der Waals surface area contributed by atoms with Gasteiger partial charge in [0.25, 0.3) is 0 Å². The van der Waals surface area contributed by atoms with Crippen LogP contribution in [0.15, 0.2) is 107 Å². The van der Waals surface area contributed by atoms with Crippen LogP contribution in [0.4, 0.5) is 20.7 Å². The van der Waals surface area contributed by atoms with E-state index in [0.29, 0.717) is 33.2 Å². The fraction of sp³-hybridized carbons (Fsp3) is 0.0625. The monoisotopic (exact) mass is 612 g/mol. The molecular formula is C32H18F2N10O2. The Morgan fingerprint density at radius 1 is 0.522 bits per heavy atom. The van der Waals surface area contributed by atoms with E-state index in [9.17, 15) is 18.4 Å². The Morgan fingerprint density at radius 2 is 0.913 bits per heavy atom. The van der Waals surface area contributed by atoms with Crippen LogP contribution in [0.5, 0.6) is 0 Å². The second kappa shape index (κ2) is 8.18. The molecule has 0 spiro atoms. The number of aromatic nitrogens is 8. The molecule has 2 aliphatic heterocycles. The van der Waals surface area contributed by atoms with E-state index in [4.69, 9.17) is 9.97 Å². The first-order chi connectivity index (χ1) is 22.4. The molecule has 0 amide bonds. The van der Waals surface area contributed by atoms with E-state index in [1.165, 1.54) is 66.5 Å². The van der Waals surface area contributed by atoms with Crippen molar-refractivity contribution in [2.75, 3.05) is 10.6 Å². The lowest BCUT2D eigenvalue weighted by Crippen LogP contribution is -2.60. The number of para-hydroxylation sites is 4. The molecule has 46 heavy (non-hydrogen) atoms. The summed E-state index contributed by atoms with van der Waals surface area (Å²) in [5.41, 5.74) is -1.59. The molecule has 10 rings (SSSR count). The summed E-state index contributed by atoms with van der Waals surface area (Å²) in [5, 5.41) is 6.78. The highest BCUT2D eigenvalue weighted by molar-refractivity contribution is 5.81. The van der Waals surface area contributed by atoms with Crippen molar-refractivity contribution in [2.45, 2.75) is 11.3 Å². The predicted molar refractivity (Wildman–Crippen MR) is 164 cm³/mol. The molecule has 14 heteroatoms. The van der Waals surface area contributed by atoms with Crippen molar-refractivity contribution < 1.29 is 8.78 Å². The lowest BCUT2D eigenvalue weighted by molar-refractivity contribution is 0.248. The fourth-order valence-electron chi connectivity index (χ4n) is 7.14. The molecule has 4 aromatic carbocycles. The maximum absolute atomic E-state index is 14.8. The molecule has 2 N–H and O–H groups in total. The van der Waals surface area contributed by atoms with Gasteiger partial charge >= 0.3 is 11.4 Å². The fourth-order valence-corrected chi connectivity index (χ4v) is 7.14. The molecule has 0 bridgehead atoms. The number of halogens is 2. The lowest BCUT2D eigenvalue weighted by Gasteiger charge is -2.40. The Morgan fingerprint density at radius 3 is 1.33 bits per heavy atom. The van der Waals surface area contributed by atoms with Crippen LogP contribution in [-0.4, -0.2) is 37.9 Å². The topological polar surface area (TPSA) is 128 Å². The zero-order valence-corrected chi connectivity index (χ0v) is 23.4. The van der Waals surface area contributed by atoms with Crippen molar-refractivity contribution in [1.82, 2.24) is 37.9 Å². The van der Waals surface area contributed by atoms with Gasteiger partial charge in [0, 0.05) is 11.1 Å². The van der Waals surface area contributed by atoms with Crippen LogP contribution in [-0.2, 0) is 11.3 Å². The molecule has 0 radical (unpaired) electrons. The van der Waals surface area contributed by atoms with Crippen LogP contribution in [0.1, 0.15) is 11.1 Å². The summed E-state index contributed by atoms with van der Waals surface area (Å²) < 4.78 is 34.5. The van der Waals surface area contributed by atoms with Crippen molar-refractivity contribution in [2.24, 2.45) is 0 Å². The smallest absolute Gasteiger partial charge is 0.324 e. The van der Waals surface area contributed by atoms with E-state index in [0.717, 1.165) is 0 Å². The first kappa shape index (κ1) is 24.9. The highest BCUT2D eigenvalue weighted by Crippen LogP contribution is 2.55. The number of hydrogen-bond donors (Lipinski definition) is 2. The number of rotatable bonds is 2. The van der Waals surface area contributed by atoms with Crippen molar-refractivity contribution in [3.8, 4) is 0 Å². The third-order valence-electron chi connectivity index (χ3n) is 8.99. The zero-order valence-electron chi connectivity index (χ0n) is 23.4. The third-order valence-corrected chi connectivity index (χ3v) is 8.99. The van der Waals surface area contributed by atoms with Crippen LogP contribution in [0.2, 0.25) is 0 Å². The molecule has 0 fully saturated rings. The molecule has 0 unspecified atom stereocenters. The van der Waals surface area contributed by atoms with Crippen LogP contribution >= 0.6 is 0 Å². The van der Waals surface area contributed by atoms with E-state index in [1.807, 2.05) is 12.1 Å². The summed E-state index contributed by atoms with van der Waals surface area (Å²) in [4.78, 5) is 48.3. The maximum Gasteiger partial charge on any atom is 0.340 e. The Kier molecular flexibility index (Phi) is 4.43. The van der Waals surface area contributed by atoms with Gasteiger partial charge in [-0.15, -0.1) is 0 Å². The molecule has 0 saturated heterocycles. The minimum Gasteiger partial charge on any atom is -0.324 e. The van der Waals surface area contributed by atoms with Gasteiger partial charge in [-0.2, -0.15) is 9.97 Å². The van der Waals surface area contributed by atoms with Gasteiger partial charge in [0.1, 0.15) is 11.6 Å². The van der Waals surface area contributed by atoms with Gasteiger partial charge in [-0.25, -0.2) is 46.3 Å². The van der Waals surface area contributed by atoms with E-state index >= 15 is 0 Å². The molecule has 222 valence electrons. The third kappa shape index (κ3) is 2.77. The van der Waals surface area contributed by atoms with Gasteiger partial charge in [0.2, 0.25) is 23.5 Å². The predicted octanol–water partition coefficient (Wildman–Crippen LogP) is 3.63. The van der Waals surface area contributed by atoms with E-state index in [1.54, 1.807) is 36.4 Å². The largest absolute Gasteiger partial charge is 0.340 e. The number of hydrogen-bond acceptors (Lipinski definition) is 8. The van der Waals surface area contributed by atoms with Gasteiger partial charge in [-0.3, -0.25) is 0 Å². The van der Waals surface area contributed by atoms with Gasteiger partial charge in [-0.05, 0) is 48.5 Å². The van der Waals surface area contributed by atoms with Crippen molar-refractivity contribution in [1.29, 1.82) is 0 Å². The average molecular weight is 613 g/mol. The normalized spacial score (nSPS) is 19.8. The van der Waals surface area contributed by atoms with E-state index < -0.39 is 34.3 Å². The first-order valence-electron chi connectivity index (χ1n) is 14.3. The summed E-state index contributed by atoms with van der Waals surface area (Å²) in [6, 6.07) is 25.4. The lowest BCUT2D eigenvalue weighted by atomic mass is 9.82. The number of anilines is 2. The minimum absolute atomic E-state index is 0.0714. The molecule has 4 aromatic heterocycles. The Labute approximate surface area is 254 Å². The van der Waals surface area contributed by atoms with E-state index in [-0.39, 0.29) is 23.5 Å². The zero-order chi connectivity index (χ0) is 30.9. The summed E-state index contributed by atoms with van der Waals surface area (Å²) in [6.45, 7) is 0. The number of nitrogens with one attached hydrogen (secondary N) is 2. The van der Waals surface area contributed by atoms with Crippen LogP contribution in [0.25, 0.3) is 33.6 Å². The second-order valence-corrected chi connectivity index (χ2v) is 11.3. The van der Waals surface area contributed by atoms with Crippen molar-refractivity contribution >= 4 is 45.5 Å². The molecule has 0 aliphatic carbocycles. The minimum atomic E-state index is -1.73. The van der Waals surface area contributed by atoms with Crippen molar-refractivity contribution in [3.05, 3.63) is 141 Å².